The predicted molar refractivity (Wildman–Crippen MR) is 60.1 cm³/mol. The summed E-state index contributed by atoms with van der Waals surface area (Å²) in [4.78, 5) is 24.7. The molecule has 4 heteroatoms. The van der Waals surface area contributed by atoms with Crippen molar-refractivity contribution in [2.75, 3.05) is 6.54 Å². The Kier molecular flexibility index (Phi) is 2.90. The van der Waals surface area contributed by atoms with Crippen molar-refractivity contribution in [2.24, 2.45) is 5.73 Å². The van der Waals surface area contributed by atoms with Crippen LogP contribution in [0.4, 0.5) is 4.79 Å². The lowest BCUT2D eigenvalue weighted by Gasteiger charge is -2.21. The summed E-state index contributed by atoms with van der Waals surface area (Å²) in [5.41, 5.74) is 5.88. The number of hydrogen-bond acceptors (Lipinski definition) is 2. The lowest BCUT2D eigenvalue weighted by Crippen LogP contribution is -2.43. The lowest BCUT2D eigenvalue weighted by molar-refractivity contribution is 0.0891. The van der Waals surface area contributed by atoms with Crippen LogP contribution in [0.15, 0.2) is 30.3 Å². The number of nitrogens with zero attached hydrogens (tertiary/aromatic N) is 1. The van der Waals surface area contributed by atoms with E-state index in [9.17, 15) is 9.59 Å². The van der Waals surface area contributed by atoms with Gasteiger partial charge in [0.1, 0.15) is 0 Å². The molecule has 1 saturated heterocycles. The Hall–Kier alpha value is -1.84. The van der Waals surface area contributed by atoms with Crippen LogP contribution in [0.2, 0.25) is 0 Å². The third kappa shape index (κ3) is 1.91. The smallest absolute Gasteiger partial charge is 0.315 e. The highest BCUT2D eigenvalue weighted by atomic mass is 16.2. The Morgan fingerprint density at radius 2 is 1.94 bits per heavy atom. The number of hydrogen-bond donors (Lipinski definition) is 1. The van der Waals surface area contributed by atoms with Crippen molar-refractivity contribution in [3.8, 4) is 0 Å². The quantitative estimate of drug-likeness (QED) is 0.763. The molecule has 1 aliphatic heterocycles. The molecule has 0 bridgehead atoms. The molecule has 0 saturated carbocycles. The zero-order valence-electron chi connectivity index (χ0n) is 8.93. The number of ketones is 1. The summed E-state index contributed by atoms with van der Waals surface area (Å²) in [5.74, 6) is -0.0168. The molecular formula is C12H14N2O2. The zero-order valence-corrected chi connectivity index (χ0v) is 8.93. The van der Waals surface area contributed by atoms with Crippen molar-refractivity contribution in [2.45, 2.75) is 18.9 Å². The second-order valence-corrected chi connectivity index (χ2v) is 3.92. The Morgan fingerprint density at radius 3 is 2.56 bits per heavy atom. The van der Waals surface area contributed by atoms with E-state index in [0.29, 0.717) is 18.5 Å². The molecule has 0 radical (unpaired) electrons. The van der Waals surface area contributed by atoms with Crippen molar-refractivity contribution in [1.29, 1.82) is 0 Å². The van der Waals surface area contributed by atoms with Crippen LogP contribution in [-0.4, -0.2) is 29.3 Å². The number of primary amides is 1. The molecule has 1 unspecified atom stereocenters. The molecule has 2 amide bonds. The molecule has 1 heterocycles. The topological polar surface area (TPSA) is 63.4 Å². The number of benzene rings is 1. The first-order valence-corrected chi connectivity index (χ1v) is 5.35. The second kappa shape index (κ2) is 4.35. The maximum Gasteiger partial charge on any atom is 0.315 e. The van der Waals surface area contributed by atoms with Crippen molar-refractivity contribution in [3.05, 3.63) is 35.9 Å². The molecule has 16 heavy (non-hydrogen) atoms. The number of rotatable bonds is 2. The summed E-state index contributed by atoms with van der Waals surface area (Å²) < 4.78 is 0. The van der Waals surface area contributed by atoms with Gasteiger partial charge in [0.15, 0.2) is 5.78 Å². The molecule has 1 aliphatic rings. The van der Waals surface area contributed by atoms with Gasteiger partial charge in [0.25, 0.3) is 0 Å². The van der Waals surface area contributed by atoms with Gasteiger partial charge in [-0.25, -0.2) is 4.79 Å². The molecule has 2 N–H and O–H groups in total. The number of carbonyl (C=O) groups excluding carboxylic acids is 2. The van der Waals surface area contributed by atoms with Gasteiger partial charge >= 0.3 is 6.03 Å². The predicted octanol–water partition coefficient (Wildman–Crippen LogP) is 1.41. The minimum absolute atomic E-state index is 0.0168. The molecule has 1 aromatic rings. The molecule has 1 fully saturated rings. The van der Waals surface area contributed by atoms with Crippen molar-refractivity contribution < 1.29 is 9.59 Å². The molecule has 0 spiro atoms. The first kappa shape index (κ1) is 10.7. The number of likely N-dealkylation sites (tertiary alicyclic amines) is 1. The molecule has 1 atom stereocenters. The number of nitrogens with two attached hydrogens (primary N) is 1. The van der Waals surface area contributed by atoms with Gasteiger partial charge in [0, 0.05) is 12.1 Å². The van der Waals surface area contributed by atoms with Crippen LogP contribution in [0.3, 0.4) is 0 Å². The van der Waals surface area contributed by atoms with Crippen molar-refractivity contribution >= 4 is 11.8 Å². The van der Waals surface area contributed by atoms with Gasteiger partial charge in [-0.1, -0.05) is 30.3 Å². The van der Waals surface area contributed by atoms with Gasteiger partial charge in [-0.05, 0) is 12.8 Å². The number of carbonyl (C=O) groups is 2. The fourth-order valence-corrected chi connectivity index (χ4v) is 2.10. The fraction of sp³-hybridized carbons (Fsp3) is 0.333. The average molecular weight is 218 g/mol. The van der Waals surface area contributed by atoms with Gasteiger partial charge in [-0.2, -0.15) is 0 Å². The van der Waals surface area contributed by atoms with E-state index in [1.807, 2.05) is 18.2 Å². The molecule has 4 nitrogen and oxygen atoms in total. The number of amides is 2. The highest BCUT2D eigenvalue weighted by molar-refractivity contribution is 6.01. The maximum atomic E-state index is 12.1. The third-order valence-electron chi connectivity index (χ3n) is 2.90. The van der Waals surface area contributed by atoms with E-state index in [1.54, 1.807) is 12.1 Å². The Balaban J connectivity index is 2.19. The summed E-state index contributed by atoms with van der Waals surface area (Å²) in [7, 11) is 0. The maximum absolute atomic E-state index is 12.1. The largest absolute Gasteiger partial charge is 0.351 e. The van der Waals surface area contributed by atoms with Crippen LogP contribution in [0.25, 0.3) is 0 Å². The summed E-state index contributed by atoms with van der Waals surface area (Å²) in [5, 5.41) is 0. The molecule has 2 rings (SSSR count). The Bertz CT molecular complexity index is 403. The minimum atomic E-state index is -0.508. The van der Waals surface area contributed by atoms with E-state index in [2.05, 4.69) is 0 Å². The summed E-state index contributed by atoms with van der Waals surface area (Å²) in [6.45, 7) is 0.582. The van der Waals surface area contributed by atoms with Crippen LogP contribution < -0.4 is 5.73 Å². The van der Waals surface area contributed by atoms with Gasteiger partial charge in [-0.3, -0.25) is 4.79 Å². The summed E-state index contributed by atoms with van der Waals surface area (Å²) >= 11 is 0. The highest BCUT2D eigenvalue weighted by Gasteiger charge is 2.33. The van der Waals surface area contributed by atoms with Crippen LogP contribution >= 0.6 is 0 Å². The van der Waals surface area contributed by atoms with Crippen LogP contribution in [0, 0.1) is 0 Å². The van der Waals surface area contributed by atoms with Crippen molar-refractivity contribution in [1.82, 2.24) is 4.90 Å². The van der Waals surface area contributed by atoms with E-state index in [4.69, 9.17) is 5.73 Å². The standard InChI is InChI=1S/C12H14N2O2/c13-12(16)14-8-4-7-10(14)11(15)9-5-2-1-3-6-9/h1-3,5-6,10H,4,7-8H2,(H2,13,16). The van der Waals surface area contributed by atoms with E-state index >= 15 is 0 Å². The van der Waals surface area contributed by atoms with Gasteiger partial charge in [0.05, 0.1) is 6.04 Å². The molecule has 1 aromatic carbocycles. The molecular weight excluding hydrogens is 204 g/mol. The zero-order chi connectivity index (χ0) is 11.5. The highest BCUT2D eigenvalue weighted by Crippen LogP contribution is 2.20. The summed E-state index contributed by atoms with van der Waals surface area (Å²) in [6.07, 6.45) is 1.54. The SMILES string of the molecule is NC(=O)N1CCCC1C(=O)c1ccccc1. The van der Waals surface area contributed by atoms with Gasteiger partial charge in [-0.15, -0.1) is 0 Å². The van der Waals surface area contributed by atoms with Crippen LogP contribution in [0.5, 0.6) is 0 Å². The van der Waals surface area contributed by atoms with E-state index in [0.717, 1.165) is 6.42 Å². The number of urea groups is 1. The van der Waals surface area contributed by atoms with Gasteiger partial charge < -0.3 is 10.6 Å². The fourth-order valence-electron chi connectivity index (χ4n) is 2.10. The Morgan fingerprint density at radius 1 is 1.25 bits per heavy atom. The van der Waals surface area contributed by atoms with E-state index in [-0.39, 0.29) is 11.8 Å². The number of Topliss-reactive ketones (excluding diaryl/α,β-unsaturated/α-hetero) is 1. The van der Waals surface area contributed by atoms with Crippen LogP contribution in [0.1, 0.15) is 23.2 Å². The lowest BCUT2D eigenvalue weighted by atomic mass is 10.0. The van der Waals surface area contributed by atoms with Crippen LogP contribution in [-0.2, 0) is 0 Å². The van der Waals surface area contributed by atoms with Crippen molar-refractivity contribution in [3.63, 3.8) is 0 Å². The Labute approximate surface area is 94.0 Å². The minimum Gasteiger partial charge on any atom is -0.351 e. The normalized spacial score (nSPS) is 19.8. The first-order valence-electron chi connectivity index (χ1n) is 5.35. The van der Waals surface area contributed by atoms with Gasteiger partial charge in [0.2, 0.25) is 0 Å². The third-order valence-corrected chi connectivity index (χ3v) is 2.90. The molecule has 0 aromatic heterocycles. The van der Waals surface area contributed by atoms with E-state index in [1.165, 1.54) is 4.90 Å². The molecule has 0 aliphatic carbocycles. The second-order valence-electron chi connectivity index (χ2n) is 3.92. The first-order chi connectivity index (χ1) is 7.70. The monoisotopic (exact) mass is 218 g/mol. The summed E-state index contributed by atoms with van der Waals surface area (Å²) in [6, 6.07) is 8.14. The molecule has 84 valence electrons. The average Bonchev–Trinajstić information content (AvgIpc) is 2.78. The van der Waals surface area contributed by atoms with E-state index < -0.39 is 6.03 Å².